The van der Waals surface area contributed by atoms with Crippen molar-refractivity contribution in [3.8, 4) is 0 Å². The van der Waals surface area contributed by atoms with Crippen LogP contribution < -0.4 is 0 Å². The highest BCUT2D eigenvalue weighted by Gasteiger charge is 2.00. The molecule has 0 saturated carbocycles. The Morgan fingerprint density at radius 3 is 2.82 bits per heavy atom. The van der Waals surface area contributed by atoms with Gasteiger partial charge < -0.3 is 5.11 Å². The summed E-state index contributed by atoms with van der Waals surface area (Å²) in [6.07, 6.45) is 1.91. The van der Waals surface area contributed by atoms with Crippen LogP contribution in [0.3, 0.4) is 0 Å². The van der Waals surface area contributed by atoms with E-state index in [9.17, 15) is 4.39 Å². The molecule has 0 aliphatic heterocycles. The van der Waals surface area contributed by atoms with Gasteiger partial charge in [0.05, 0.1) is 6.61 Å². The van der Waals surface area contributed by atoms with Gasteiger partial charge in [0.25, 0.3) is 0 Å². The fourth-order valence-corrected chi connectivity index (χ4v) is 1.26. The van der Waals surface area contributed by atoms with Gasteiger partial charge in [0.2, 0.25) is 0 Å². The monoisotopic (exact) mass is 172 g/mol. The second kappa shape index (κ2) is 3.74. The molecule has 0 heterocycles. The maximum atomic E-state index is 12.7. The Morgan fingerprint density at radius 2 is 2.27 bits per heavy atom. The summed E-state index contributed by atoms with van der Waals surface area (Å²) >= 11 is 1.53. The summed E-state index contributed by atoms with van der Waals surface area (Å²) in [5.74, 6) is -0.342. The molecule has 1 rings (SSSR count). The molecule has 1 aromatic rings. The standard InChI is InChI=1S/C8H9FOS/c1-11-7-2-3-8(9)6(4-7)5-10/h2-4,10H,5H2,1H3. The van der Waals surface area contributed by atoms with Crippen molar-refractivity contribution in [1.29, 1.82) is 0 Å². The highest BCUT2D eigenvalue weighted by atomic mass is 32.2. The average molecular weight is 172 g/mol. The maximum Gasteiger partial charge on any atom is 0.128 e. The van der Waals surface area contributed by atoms with E-state index >= 15 is 0 Å². The highest BCUT2D eigenvalue weighted by molar-refractivity contribution is 7.98. The van der Waals surface area contributed by atoms with Crippen molar-refractivity contribution in [2.75, 3.05) is 6.26 Å². The lowest BCUT2D eigenvalue weighted by atomic mass is 10.2. The zero-order valence-electron chi connectivity index (χ0n) is 6.17. The Kier molecular flexibility index (Phi) is 2.91. The van der Waals surface area contributed by atoms with Crippen molar-refractivity contribution in [3.05, 3.63) is 29.6 Å². The Morgan fingerprint density at radius 1 is 1.55 bits per heavy atom. The molecule has 0 saturated heterocycles. The minimum Gasteiger partial charge on any atom is -0.392 e. The van der Waals surface area contributed by atoms with Crippen LogP contribution in [0.15, 0.2) is 23.1 Å². The van der Waals surface area contributed by atoms with Crippen molar-refractivity contribution >= 4 is 11.8 Å². The van der Waals surface area contributed by atoms with Gasteiger partial charge in [-0.2, -0.15) is 0 Å². The second-order valence-electron chi connectivity index (χ2n) is 2.12. The Labute approximate surface area is 69.2 Å². The highest BCUT2D eigenvalue weighted by Crippen LogP contribution is 2.18. The number of benzene rings is 1. The van der Waals surface area contributed by atoms with E-state index in [0.717, 1.165) is 4.90 Å². The summed E-state index contributed by atoms with van der Waals surface area (Å²) in [6.45, 7) is -0.236. The van der Waals surface area contributed by atoms with E-state index in [0.29, 0.717) is 5.56 Å². The third-order valence-corrected chi connectivity index (χ3v) is 2.15. The fraction of sp³-hybridized carbons (Fsp3) is 0.250. The molecule has 0 unspecified atom stereocenters. The number of aliphatic hydroxyl groups is 1. The molecule has 0 bridgehead atoms. The molecule has 0 amide bonds. The van der Waals surface area contributed by atoms with E-state index in [4.69, 9.17) is 5.11 Å². The van der Waals surface area contributed by atoms with Crippen molar-refractivity contribution in [2.45, 2.75) is 11.5 Å². The molecule has 0 aliphatic rings. The summed E-state index contributed by atoms with van der Waals surface area (Å²) in [5.41, 5.74) is 0.358. The van der Waals surface area contributed by atoms with Crippen molar-refractivity contribution in [3.63, 3.8) is 0 Å². The third kappa shape index (κ3) is 1.94. The Hall–Kier alpha value is -0.540. The molecule has 0 aromatic heterocycles. The molecule has 1 nitrogen and oxygen atoms in total. The molecule has 1 aromatic carbocycles. The smallest absolute Gasteiger partial charge is 0.128 e. The van der Waals surface area contributed by atoms with Gasteiger partial charge in [0, 0.05) is 10.5 Å². The Bertz CT molecular complexity index is 250. The van der Waals surface area contributed by atoms with E-state index < -0.39 is 0 Å². The first kappa shape index (κ1) is 8.56. The van der Waals surface area contributed by atoms with E-state index in [2.05, 4.69) is 0 Å². The molecule has 0 atom stereocenters. The molecule has 11 heavy (non-hydrogen) atoms. The van der Waals surface area contributed by atoms with Crippen LogP contribution >= 0.6 is 11.8 Å². The molecule has 3 heteroatoms. The van der Waals surface area contributed by atoms with Crippen LogP contribution in [0.25, 0.3) is 0 Å². The van der Waals surface area contributed by atoms with Crippen LogP contribution in [0, 0.1) is 5.82 Å². The van der Waals surface area contributed by atoms with Crippen LogP contribution in [0.1, 0.15) is 5.56 Å². The first-order valence-corrected chi connectivity index (χ1v) is 4.43. The summed E-state index contributed by atoms with van der Waals surface area (Å²) in [4.78, 5) is 0.968. The number of hydrogen-bond donors (Lipinski definition) is 1. The quantitative estimate of drug-likeness (QED) is 0.689. The lowest BCUT2D eigenvalue weighted by molar-refractivity contribution is 0.275. The predicted octanol–water partition coefficient (Wildman–Crippen LogP) is 2.04. The normalized spacial score (nSPS) is 10.1. The average Bonchev–Trinajstić information content (AvgIpc) is 2.05. The van der Waals surface area contributed by atoms with Crippen LogP contribution in [0.2, 0.25) is 0 Å². The van der Waals surface area contributed by atoms with Crippen molar-refractivity contribution in [2.24, 2.45) is 0 Å². The number of halogens is 1. The number of thioether (sulfide) groups is 1. The van der Waals surface area contributed by atoms with Gasteiger partial charge in [-0.1, -0.05) is 0 Å². The van der Waals surface area contributed by atoms with E-state index in [1.165, 1.54) is 17.8 Å². The van der Waals surface area contributed by atoms with Crippen LogP contribution in [-0.4, -0.2) is 11.4 Å². The van der Waals surface area contributed by atoms with Gasteiger partial charge in [0.15, 0.2) is 0 Å². The van der Waals surface area contributed by atoms with Gasteiger partial charge in [-0.05, 0) is 24.5 Å². The van der Waals surface area contributed by atoms with Crippen LogP contribution in [-0.2, 0) is 6.61 Å². The zero-order valence-corrected chi connectivity index (χ0v) is 6.99. The third-order valence-electron chi connectivity index (χ3n) is 1.42. The van der Waals surface area contributed by atoms with Gasteiger partial charge in [-0.3, -0.25) is 0 Å². The first-order valence-electron chi connectivity index (χ1n) is 3.21. The molecule has 1 N–H and O–H groups in total. The van der Waals surface area contributed by atoms with Gasteiger partial charge >= 0.3 is 0 Å². The van der Waals surface area contributed by atoms with Crippen molar-refractivity contribution in [1.82, 2.24) is 0 Å². The minimum absolute atomic E-state index is 0.236. The van der Waals surface area contributed by atoms with E-state index in [-0.39, 0.29) is 12.4 Å². The zero-order chi connectivity index (χ0) is 8.27. The molecule has 0 spiro atoms. The van der Waals surface area contributed by atoms with Crippen LogP contribution in [0.4, 0.5) is 4.39 Å². The molecule has 60 valence electrons. The summed E-state index contributed by atoms with van der Waals surface area (Å²) < 4.78 is 12.7. The summed E-state index contributed by atoms with van der Waals surface area (Å²) in [7, 11) is 0. The van der Waals surface area contributed by atoms with E-state index in [1.807, 2.05) is 6.26 Å². The topological polar surface area (TPSA) is 20.2 Å². The lowest BCUT2D eigenvalue weighted by Gasteiger charge is -2.00. The van der Waals surface area contributed by atoms with Crippen molar-refractivity contribution < 1.29 is 9.50 Å². The summed E-state index contributed by atoms with van der Waals surface area (Å²) in [6, 6.07) is 4.72. The minimum atomic E-state index is -0.342. The molecule has 0 radical (unpaired) electrons. The van der Waals surface area contributed by atoms with Gasteiger partial charge in [-0.25, -0.2) is 4.39 Å². The van der Waals surface area contributed by atoms with Crippen LogP contribution in [0.5, 0.6) is 0 Å². The van der Waals surface area contributed by atoms with E-state index in [1.54, 1.807) is 12.1 Å². The van der Waals surface area contributed by atoms with Gasteiger partial charge in [0.1, 0.15) is 5.82 Å². The first-order chi connectivity index (χ1) is 5.27. The molecule has 0 fully saturated rings. The molecular weight excluding hydrogens is 163 g/mol. The second-order valence-corrected chi connectivity index (χ2v) is 3.00. The number of aliphatic hydroxyl groups excluding tert-OH is 1. The lowest BCUT2D eigenvalue weighted by Crippen LogP contribution is -1.88. The van der Waals surface area contributed by atoms with Gasteiger partial charge in [-0.15, -0.1) is 11.8 Å². The molecule has 0 aliphatic carbocycles. The largest absolute Gasteiger partial charge is 0.392 e. The number of rotatable bonds is 2. The maximum absolute atomic E-state index is 12.7. The predicted molar refractivity (Wildman–Crippen MR) is 44.1 cm³/mol. The Balaban J connectivity index is 3.02. The number of hydrogen-bond acceptors (Lipinski definition) is 2. The SMILES string of the molecule is CSc1ccc(F)c(CO)c1. The fourth-order valence-electron chi connectivity index (χ4n) is 0.799. The summed E-state index contributed by atoms with van der Waals surface area (Å²) in [5, 5.41) is 8.69. The molecular formula is C8H9FOS.